The lowest BCUT2D eigenvalue weighted by molar-refractivity contribution is 0.581. The minimum atomic E-state index is -3.71. The Labute approximate surface area is 121 Å². The van der Waals surface area contributed by atoms with E-state index in [1.807, 2.05) is 6.07 Å². The van der Waals surface area contributed by atoms with Gasteiger partial charge in [-0.3, -0.25) is 0 Å². The molecule has 0 radical (unpaired) electrons. The molecule has 102 valence electrons. The highest BCUT2D eigenvalue weighted by atomic mass is 35.5. The Kier molecular flexibility index (Phi) is 4.35. The van der Waals surface area contributed by atoms with Gasteiger partial charge in [-0.2, -0.15) is 5.26 Å². The second-order valence-electron chi connectivity index (χ2n) is 3.93. The first-order chi connectivity index (χ1) is 9.53. The molecule has 7 heteroatoms. The molecule has 2 aromatic rings. The van der Waals surface area contributed by atoms with Gasteiger partial charge in [-0.15, -0.1) is 0 Å². The van der Waals surface area contributed by atoms with Gasteiger partial charge in [-0.25, -0.2) is 18.1 Å². The van der Waals surface area contributed by atoms with E-state index in [1.54, 1.807) is 24.3 Å². The second kappa shape index (κ2) is 6.01. The van der Waals surface area contributed by atoms with Gasteiger partial charge >= 0.3 is 0 Å². The summed E-state index contributed by atoms with van der Waals surface area (Å²) in [6, 6.07) is 11.5. The first-order valence-electron chi connectivity index (χ1n) is 5.62. The van der Waals surface area contributed by atoms with Crippen molar-refractivity contribution in [1.82, 2.24) is 9.71 Å². The van der Waals surface area contributed by atoms with E-state index in [-0.39, 0.29) is 16.6 Å². The smallest absolute Gasteiger partial charge is 0.243 e. The van der Waals surface area contributed by atoms with Gasteiger partial charge in [0.2, 0.25) is 10.0 Å². The highest BCUT2D eigenvalue weighted by Gasteiger charge is 2.17. The SMILES string of the molecule is N#Cc1ccc(CNS(=O)(=O)c2cccnc2Cl)cc1. The molecule has 0 saturated carbocycles. The van der Waals surface area contributed by atoms with Crippen LogP contribution in [0, 0.1) is 11.3 Å². The number of hydrogen-bond donors (Lipinski definition) is 1. The number of benzene rings is 1. The van der Waals surface area contributed by atoms with Crippen LogP contribution in [-0.4, -0.2) is 13.4 Å². The molecule has 20 heavy (non-hydrogen) atoms. The molecule has 0 aliphatic rings. The van der Waals surface area contributed by atoms with Gasteiger partial charge < -0.3 is 0 Å². The van der Waals surface area contributed by atoms with Crippen LogP contribution in [0.5, 0.6) is 0 Å². The maximum Gasteiger partial charge on any atom is 0.243 e. The molecule has 5 nitrogen and oxygen atoms in total. The van der Waals surface area contributed by atoms with Crippen molar-refractivity contribution in [2.24, 2.45) is 0 Å². The fourth-order valence-corrected chi connectivity index (χ4v) is 2.99. The highest BCUT2D eigenvalue weighted by Crippen LogP contribution is 2.17. The van der Waals surface area contributed by atoms with Gasteiger partial charge in [-0.1, -0.05) is 23.7 Å². The van der Waals surface area contributed by atoms with Crippen molar-refractivity contribution in [2.45, 2.75) is 11.4 Å². The number of nitrogens with zero attached hydrogens (tertiary/aromatic N) is 2. The molecule has 1 aromatic carbocycles. The minimum absolute atomic E-state index is 0.0599. The Morgan fingerprint density at radius 3 is 2.55 bits per heavy atom. The molecular weight excluding hydrogens is 298 g/mol. The number of pyridine rings is 1. The van der Waals surface area contributed by atoms with Crippen LogP contribution in [0.2, 0.25) is 5.15 Å². The molecule has 1 heterocycles. The molecule has 2 rings (SSSR count). The number of aromatic nitrogens is 1. The molecule has 0 aliphatic heterocycles. The number of hydrogen-bond acceptors (Lipinski definition) is 4. The van der Waals surface area contributed by atoms with Crippen LogP contribution in [0.25, 0.3) is 0 Å². The van der Waals surface area contributed by atoms with Gasteiger partial charge in [0.05, 0.1) is 11.6 Å². The fraction of sp³-hybridized carbons (Fsp3) is 0.0769. The summed E-state index contributed by atoms with van der Waals surface area (Å²) in [6.07, 6.45) is 1.42. The molecule has 0 bridgehead atoms. The molecule has 1 N–H and O–H groups in total. The number of nitriles is 1. The molecular formula is C13H10ClN3O2S. The van der Waals surface area contributed by atoms with E-state index in [0.717, 1.165) is 5.56 Å². The third-order valence-corrected chi connectivity index (χ3v) is 4.41. The lowest BCUT2D eigenvalue weighted by Crippen LogP contribution is -2.23. The van der Waals surface area contributed by atoms with Crippen LogP contribution < -0.4 is 4.72 Å². The van der Waals surface area contributed by atoms with Crippen molar-refractivity contribution >= 4 is 21.6 Å². The molecule has 0 unspecified atom stereocenters. The maximum absolute atomic E-state index is 12.1. The molecule has 0 amide bonds. The first-order valence-corrected chi connectivity index (χ1v) is 7.48. The zero-order valence-corrected chi connectivity index (χ0v) is 11.8. The summed E-state index contributed by atoms with van der Waals surface area (Å²) in [4.78, 5) is 3.67. The molecule has 0 aliphatic carbocycles. The normalized spacial score (nSPS) is 11.0. The fourth-order valence-electron chi connectivity index (χ4n) is 1.52. The summed E-state index contributed by atoms with van der Waals surface area (Å²) in [6.45, 7) is 0.110. The summed E-state index contributed by atoms with van der Waals surface area (Å²) < 4.78 is 26.6. The Hall–Kier alpha value is -1.94. The lowest BCUT2D eigenvalue weighted by Gasteiger charge is -2.07. The molecule has 0 atom stereocenters. The molecule has 0 saturated heterocycles. The van der Waals surface area contributed by atoms with E-state index in [4.69, 9.17) is 16.9 Å². The summed E-state index contributed by atoms with van der Waals surface area (Å²) in [5.74, 6) is 0. The van der Waals surface area contributed by atoms with Gasteiger partial charge in [0.15, 0.2) is 0 Å². The van der Waals surface area contributed by atoms with Crippen molar-refractivity contribution in [3.05, 3.63) is 58.9 Å². The van der Waals surface area contributed by atoms with E-state index < -0.39 is 10.0 Å². The zero-order valence-electron chi connectivity index (χ0n) is 10.2. The number of halogens is 1. The van der Waals surface area contributed by atoms with E-state index >= 15 is 0 Å². The Morgan fingerprint density at radius 2 is 1.95 bits per heavy atom. The number of sulfonamides is 1. The van der Waals surface area contributed by atoms with Crippen LogP contribution in [-0.2, 0) is 16.6 Å². The number of nitrogens with one attached hydrogen (secondary N) is 1. The van der Waals surface area contributed by atoms with Crippen LogP contribution in [0.3, 0.4) is 0 Å². The standard InChI is InChI=1S/C13H10ClN3O2S/c14-13-12(2-1-7-16-13)20(18,19)17-9-11-5-3-10(8-15)4-6-11/h1-7,17H,9H2. The Balaban J connectivity index is 2.13. The predicted octanol–water partition coefficient (Wildman–Crippen LogP) is 2.09. The Morgan fingerprint density at radius 1 is 1.25 bits per heavy atom. The summed E-state index contributed by atoms with van der Waals surface area (Å²) in [5.41, 5.74) is 1.26. The predicted molar refractivity (Wildman–Crippen MR) is 74.4 cm³/mol. The topological polar surface area (TPSA) is 82.9 Å². The average molecular weight is 308 g/mol. The van der Waals surface area contributed by atoms with Gasteiger partial charge in [-0.05, 0) is 29.8 Å². The summed E-state index contributed by atoms with van der Waals surface area (Å²) in [7, 11) is -3.71. The van der Waals surface area contributed by atoms with Crippen LogP contribution in [0.15, 0.2) is 47.5 Å². The first kappa shape index (κ1) is 14.5. The third kappa shape index (κ3) is 3.33. The van der Waals surface area contributed by atoms with Gasteiger partial charge in [0.1, 0.15) is 10.0 Å². The summed E-state index contributed by atoms with van der Waals surface area (Å²) >= 11 is 5.76. The van der Waals surface area contributed by atoms with Gasteiger partial charge in [0, 0.05) is 12.7 Å². The molecule has 1 aromatic heterocycles. The monoisotopic (exact) mass is 307 g/mol. The quantitative estimate of drug-likeness (QED) is 0.877. The largest absolute Gasteiger partial charge is 0.243 e. The van der Waals surface area contributed by atoms with Gasteiger partial charge in [0.25, 0.3) is 0 Å². The Bertz CT molecular complexity index is 752. The molecule has 0 spiro atoms. The maximum atomic E-state index is 12.1. The van der Waals surface area contributed by atoms with Crippen molar-refractivity contribution < 1.29 is 8.42 Å². The van der Waals surface area contributed by atoms with Crippen molar-refractivity contribution in [3.8, 4) is 6.07 Å². The third-order valence-electron chi connectivity index (χ3n) is 2.56. The van der Waals surface area contributed by atoms with E-state index in [0.29, 0.717) is 5.56 Å². The second-order valence-corrected chi connectivity index (χ2v) is 6.02. The highest BCUT2D eigenvalue weighted by molar-refractivity contribution is 7.89. The lowest BCUT2D eigenvalue weighted by atomic mass is 10.1. The zero-order chi connectivity index (χ0) is 14.6. The van der Waals surface area contributed by atoms with Crippen LogP contribution in [0.4, 0.5) is 0 Å². The molecule has 0 fully saturated rings. The van der Waals surface area contributed by atoms with Crippen LogP contribution in [0.1, 0.15) is 11.1 Å². The van der Waals surface area contributed by atoms with E-state index in [1.165, 1.54) is 18.3 Å². The summed E-state index contributed by atoms with van der Waals surface area (Å²) in [5, 5.41) is 8.61. The van der Waals surface area contributed by atoms with Crippen molar-refractivity contribution in [2.75, 3.05) is 0 Å². The average Bonchev–Trinajstić information content (AvgIpc) is 2.46. The van der Waals surface area contributed by atoms with E-state index in [9.17, 15) is 8.42 Å². The number of rotatable bonds is 4. The van der Waals surface area contributed by atoms with E-state index in [2.05, 4.69) is 9.71 Å². The minimum Gasteiger partial charge on any atom is -0.243 e. The van der Waals surface area contributed by atoms with Crippen molar-refractivity contribution in [3.63, 3.8) is 0 Å². The van der Waals surface area contributed by atoms with Crippen molar-refractivity contribution in [1.29, 1.82) is 5.26 Å². The van der Waals surface area contributed by atoms with Crippen LogP contribution >= 0.6 is 11.6 Å².